The maximum absolute atomic E-state index is 12.7. The Morgan fingerprint density at radius 1 is 1.14 bits per heavy atom. The summed E-state index contributed by atoms with van der Waals surface area (Å²) in [6.45, 7) is 6.38. The van der Waals surface area contributed by atoms with Gasteiger partial charge >= 0.3 is 0 Å². The van der Waals surface area contributed by atoms with Gasteiger partial charge < -0.3 is 14.4 Å². The van der Waals surface area contributed by atoms with Crippen molar-refractivity contribution in [1.29, 1.82) is 0 Å². The van der Waals surface area contributed by atoms with Crippen LogP contribution in [0.1, 0.15) is 43.5 Å². The van der Waals surface area contributed by atoms with Gasteiger partial charge in [0.05, 0.1) is 5.56 Å². The van der Waals surface area contributed by atoms with Crippen LogP contribution in [0, 0.1) is 6.92 Å². The predicted octanol–water partition coefficient (Wildman–Crippen LogP) is 3.08. The second kappa shape index (κ2) is 9.32. The molecule has 0 atom stereocenters. The summed E-state index contributed by atoms with van der Waals surface area (Å²) in [6.07, 6.45) is 1.36. The van der Waals surface area contributed by atoms with E-state index in [9.17, 15) is 9.59 Å². The number of amides is 1. The van der Waals surface area contributed by atoms with Crippen molar-refractivity contribution in [2.75, 3.05) is 6.54 Å². The molecule has 0 saturated carbocycles. The van der Waals surface area contributed by atoms with Crippen molar-refractivity contribution in [1.82, 2.24) is 20.0 Å². The molecule has 1 aromatic carbocycles. The number of benzene rings is 1. The van der Waals surface area contributed by atoms with Crippen molar-refractivity contribution in [2.24, 2.45) is 0 Å². The molecule has 2 aromatic heterocycles. The van der Waals surface area contributed by atoms with Crippen LogP contribution in [0.5, 0.6) is 0 Å². The standard InChI is InChI=1S/C22H26N4O3/c1-15(2)26-16(3)9-10-18(22(26)28)21-24-20(29-25-21)12-11-19(27)23-14-13-17-7-5-4-6-8-17/h4-10,15H,11-14H2,1-3H3,(H,23,27). The van der Waals surface area contributed by atoms with Crippen LogP contribution >= 0.6 is 0 Å². The highest BCUT2D eigenvalue weighted by Crippen LogP contribution is 2.15. The first-order chi connectivity index (χ1) is 14.0. The SMILES string of the molecule is Cc1ccc(-c2noc(CCC(=O)NCCc3ccccc3)n2)c(=O)n1C(C)C. The summed E-state index contributed by atoms with van der Waals surface area (Å²) >= 11 is 0. The van der Waals surface area contributed by atoms with Crippen LogP contribution in [0.25, 0.3) is 11.4 Å². The smallest absolute Gasteiger partial charge is 0.262 e. The van der Waals surface area contributed by atoms with Crippen LogP contribution in [-0.4, -0.2) is 27.2 Å². The van der Waals surface area contributed by atoms with Gasteiger partial charge in [0.2, 0.25) is 17.6 Å². The highest BCUT2D eigenvalue weighted by Gasteiger charge is 2.16. The molecule has 0 aliphatic carbocycles. The minimum absolute atomic E-state index is 0.0356. The van der Waals surface area contributed by atoms with Gasteiger partial charge in [0.25, 0.3) is 5.56 Å². The number of pyridine rings is 1. The van der Waals surface area contributed by atoms with Crippen LogP contribution in [0.2, 0.25) is 0 Å². The zero-order valence-corrected chi connectivity index (χ0v) is 17.0. The second-order valence-corrected chi connectivity index (χ2v) is 7.25. The van der Waals surface area contributed by atoms with Crippen molar-refractivity contribution < 1.29 is 9.32 Å². The van der Waals surface area contributed by atoms with E-state index in [-0.39, 0.29) is 29.8 Å². The summed E-state index contributed by atoms with van der Waals surface area (Å²) in [4.78, 5) is 29.1. The lowest BCUT2D eigenvalue weighted by atomic mass is 10.1. The van der Waals surface area contributed by atoms with Gasteiger partial charge in [-0.1, -0.05) is 35.5 Å². The normalized spacial score (nSPS) is 11.0. The maximum Gasteiger partial charge on any atom is 0.262 e. The fourth-order valence-corrected chi connectivity index (χ4v) is 3.22. The third-order valence-corrected chi connectivity index (χ3v) is 4.69. The zero-order valence-electron chi connectivity index (χ0n) is 17.0. The number of hydrogen-bond acceptors (Lipinski definition) is 5. The average Bonchev–Trinajstić information content (AvgIpc) is 3.16. The minimum Gasteiger partial charge on any atom is -0.356 e. The lowest BCUT2D eigenvalue weighted by molar-refractivity contribution is -0.121. The van der Waals surface area contributed by atoms with Gasteiger partial charge in [0.1, 0.15) is 0 Å². The van der Waals surface area contributed by atoms with Gasteiger partial charge in [0, 0.05) is 31.1 Å². The lowest BCUT2D eigenvalue weighted by Gasteiger charge is -2.14. The van der Waals surface area contributed by atoms with Crippen molar-refractivity contribution in [3.8, 4) is 11.4 Å². The van der Waals surface area contributed by atoms with E-state index in [1.54, 1.807) is 10.6 Å². The van der Waals surface area contributed by atoms with Crippen molar-refractivity contribution in [3.05, 3.63) is 70.0 Å². The van der Waals surface area contributed by atoms with Gasteiger partial charge in [-0.05, 0) is 44.9 Å². The Hall–Kier alpha value is -3.22. The summed E-state index contributed by atoms with van der Waals surface area (Å²) in [6, 6.07) is 13.6. The van der Waals surface area contributed by atoms with Crippen LogP contribution in [0.3, 0.4) is 0 Å². The van der Waals surface area contributed by atoms with Crippen molar-refractivity contribution in [3.63, 3.8) is 0 Å². The van der Waals surface area contributed by atoms with E-state index in [0.29, 0.717) is 24.4 Å². The number of aryl methyl sites for hydroxylation is 2. The van der Waals surface area contributed by atoms with Gasteiger partial charge in [0.15, 0.2) is 0 Å². The molecule has 0 bridgehead atoms. The quantitative estimate of drug-likeness (QED) is 0.634. The van der Waals surface area contributed by atoms with Gasteiger partial charge in [-0.25, -0.2) is 0 Å². The molecule has 0 aliphatic heterocycles. The number of rotatable bonds is 8. The third-order valence-electron chi connectivity index (χ3n) is 4.69. The molecular weight excluding hydrogens is 368 g/mol. The van der Waals surface area contributed by atoms with Gasteiger partial charge in [-0.15, -0.1) is 0 Å². The summed E-state index contributed by atoms with van der Waals surface area (Å²) in [5.74, 6) is 0.524. The van der Waals surface area contributed by atoms with E-state index in [1.165, 1.54) is 5.56 Å². The largest absolute Gasteiger partial charge is 0.356 e. The predicted molar refractivity (Wildman–Crippen MR) is 111 cm³/mol. The minimum atomic E-state index is -0.147. The molecule has 7 heteroatoms. The molecule has 1 N–H and O–H groups in total. The number of hydrogen-bond donors (Lipinski definition) is 1. The van der Waals surface area contributed by atoms with Crippen LogP contribution in [-0.2, 0) is 17.6 Å². The van der Waals surface area contributed by atoms with Crippen LogP contribution < -0.4 is 10.9 Å². The Kier molecular flexibility index (Phi) is 6.59. The Balaban J connectivity index is 1.56. The van der Waals surface area contributed by atoms with E-state index in [4.69, 9.17) is 4.52 Å². The van der Waals surface area contributed by atoms with Crippen molar-refractivity contribution >= 4 is 5.91 Å². The van der Waals surface area contributed by atoms with E-state index in [0.717, 1.165) is 12.1 Å². The second-order valence-electron chi connectivity index (χ2n) is 7.25. The molecule has 0 unspecified atom stereocenters. The Morgan fingerprint density at radius 2 is 1.90 bits per heavy atom. The van der Waals surface area contributed by atoms with E-state index in [2.05, 4.69) is 15.5 Å². The topological polar surface area (TPSA) is 90.0 Å². The molecule has 2 heterocycles. The molecule has 0 saturated heterocycles. The summed E-state index contributed by atoms with van der Waals surface area (Å²) < 4.78 is 6.94. The molecular formula is C22H26N4O3. The molecule has 152 valence electrons. The van der Waals surface area contributed by atoms with Crippen LogP contribution in [0.4, 0.5) is 0 Å². The molecule has 3 rings (SSSR count). The van der Waals surface area contributed by atoms with Crippen molar-refractivity contribution in [2.45, 2.75) is 46.1 Å². The maximum atomic E-state index is 12.7. The molecule has 29 heavy (non-hydrogen) atoms. The van der Waals surface area contributed by atoms with Gasteiger partial charge in [-0.3, -0.25) is 9.59 Å². The number of carbonyl (C=O) groups excluding carboxylic acids is 1. The molecule has 0 radical (unpaired) electrons. The van der Waals surface area contributed by atoms with Gasteiger partial charge in [-0.2, -0.15) is 4.98 Å². The summed E-state index contributed by atoms with van der Waals surface area (Å²) in [5.41, 5.74) is 2.31. The fourth-order valence-electron chi connectivity index (χ4n) is 3.22. The molecule has 7 nitrogen and oxygen atoms in total. The highest BCUT2D eigenvalue weighted by atomic mass is 16.5. The summed E-state index contributed by atoms with van der Waals surface area (Å²) in [5, 5.41) is 6.82. The van der Waals surface area contributed by atoms with Crippen LogP contribution in [0.15, 0.2) is 51.8 Å². The highest BCUT2D eigenvalue weighted by molar-refractivity contribution is 5.76. The van der Waals surface area contributed by atoms with E-state index >= 15 is 0 Å². The third kappa shape index (κ3) is 5.19. The zero-order chi connectivity index (χ0) is 20.8. The lowest BCUT2D eigenvalue weighted by Crippen LogP contribution is -2.26. The Morgan fingerprint density at radius 3 is 2.62 bits per heavy atom. The first kappa shape index (κ1) is 20.5. The Labute approximate surface area is 169 Å². The average molecular weight is 394 g/mol. The number of nitrogens with zero attached hydrogens (tertiary/aromatic N) is 3. The van der Waals surface area contributed by atoms with E-state index in [1.807, 2.05) is 57.2 Å². The first-order valence-electron chi connectivity index (χ1n) is 9.81. The summed E-state index contributed by atoms with van der Waals surface area (Å²) in [7, 11) is 0. The first-order valence-corrected chi connectivity index (χ1v) is 9.81. The fraction of sp³-hybridized carbons (Fsp3) is 0.364. The molecule has 0 aliphatic rings. The molecule has 3 aromatic rings. The number of nitrogens with one attached hydrogen (secondary N) is 1. The monoisotopic (exact) mass is 394 g/mol. The Bertz CT molecular complexity index is 1020. The molecule has 1 amide bonds. The molecule has 0 fully saturated rings. The number of aromatic nitrogens is 3. The number of carbonyl (C=O) groups is 1. The van der Waals surface area contributed by atoms with E-state index < -0.39 is 0 Å². The molecule has 0 spiro atoms.